The van der Waals surface area contributed by atoms with Crippen LogP contribution in [-0.4, -0.2) is 44.8 Å². The van der Waals surface area contributed by atoms with E-state index in [0.717, 1.165) is 0 Å². The standard InChI is InChI=1S/C8H17F3N2/c1-12-7(6-13(2)3)4-5-8(9,10)11/h7,12H,4-6H2,1-3H3. The van der Waals surface area contributed by atoms with Gasteiger partial charge >= 0.3 is 6.18 Å². The lowest BCUT2D eigenvalue weighted by molar-refractivity contribution is -0.136. The molecular weight excluding hydrogens is 181 g/mol. The van der Waals surface area contributed by atoms with Gasteiger partial charge in [-0.1, -0.05) is 0 Å². The van der Waals surface area contributed by atoms with Crippen LogP contribution in [0.2, 0.25) is 0 Å². The molecule has 1 N–H and O–H groups in total. The SMILES string of the molecule is CNC(CCC(F)(F)F)CN(C)C. The van der Waals surface area contributed by atoms with Crippen LogP contribution >= 0.6 is 0 Å². The lowest BCUT2D eigenvalue weighted by Gasteiger charge is -2.20. The highest BCUT2D eigenvalue weighted by Gasteiger charge is 2.27. The molecule has 0 aromatic carbocycles. The fourth-order valence-electron chi connectivity index (χ4n) is 1.11. The lowest BCUT2D eigenvalue weighted by atomic mass is 10.1. The second-order valence-corrected chi connectivity index (χ2v) is 3.40. The number of nitrogens with one attached hydrogen (secondary N) is 1. The van der Waals surface area contributed by atoms with Crippen LogP contribution in [0.3, 0.4) is 0 Å². The van der Waals surface area contributed by atoms with Crippen molar-refractivity contribution in [1.82, 2.24) is 10.2 Å². The number of halogens is 3. The summed E-state index contributed by atoms with van der Waals surface area (Å²) in [6.07, 6.45) is -4.62. The Morgan fingerprint density at radius 1 is 1.31 bits per heavy atom. The lowest BCUT2D eigenvalue weighted by Crippen LogP contribution is -2.36. The predicted molar refractivity (Wildman–Crippen MR) is 46.7 cm³/mol. The third kappa shape index (κ3) is 8.05. The molecule has 2 nitrogen and oxygen atoms in total. The first-order valence-corrected chi connectivity index (χ1v) is 4.24. The summed E-state index contributed by atoms with van der Waals surface area (Å²) in [5.74, 6) is 0. The fraction of sp³-hybridized carbons (Fsp3) is 1.00. The highest BCUT2D eigenvalue weighted by molar-refractivity contribution is 4.69. The van der Waals surface area contributed by atoms with Gasteiger partial charge in [-0.2, -0.15) is 13.2 Å². The molecule has 0 aliphatic carbocycles. The van der Waals surface area contributed by atoms with Gasteiger partial charge in [-0.05, 0) is 27.6 Å². The molecule has 0 spiro atoms. The molecule has 0 heterocycles. The van der Waals surface area contributed by atoms with E-state index in [1.54, 1.807) is 7.05 Å². The van der Waals surface area contributed by atoms with Crippen LogP contribution in [0.1, 0.15) is 12.8 Å². The minimum absolute atomic E-state index is 0.0865. The molecular formula is C8H17F3N2. The zero-order valence-corrected chi connectivity index (χ0v) is 8.28. The molecule has 0 rings (SSSR count). The van der Waals surface area contributed by atoms with Crippen LogP contribution in [0.4, 0.5) is 13.2 Å². The van der Waals surface area contributed by atoms with Crippen LogP contribution in [0.5, 0.6) is 0 Å². The summed E-state index contributed by atoms with van der Waals surface area (Å²) in [5, 5.41) is 2.86. The second-order valence-electron chi connectivity index (χ2n) is 3.40. The smallest absolute Gasteiger partial charge is 0.316 e. The van der Waals surface area contributed by atoms with Crippen molar-refractivity contribution in [1.29, 1.82) is 0 Å². The van der Waals surface area contributed by atoms with E-state index in [2.05, 4.69) is 5.32 Å². The summed E-state index contributed by atoms with van der Waals surface area (Å²) in [4.78, 5) is 1.87. The van der Waals surface area contributed by atoms with Gasteiger partial charge in [0.15, 0.2) is 0 Å². The Balaban J connectivity index is 3.72. The van der Waals surface area contributed by atoms with E-state index in [-0.39, 0.29) is 12.5 Å². The molecule has 0 aromatic rings. The van der Waals surface area contributed by atoms with Gasteiger partial charge < -0.3 is 10.2 Å². The maximum atomic E-state index is 11.8. The molecule has 0 aromatic heterocycles. The summed E-state index contributed by atoms with van der Waals surface area (Å²) in [7, 11) is 5.38. The van der Waals surface area contributed by atoms with Gasteiger partial charge in [0, 0.05) is 19.0 Å². The Morgan fingerprint density at radius 2 is 1.85 bits per heavy atom. The zero-order chi connectivity index (χ0) is 10.5. The van der Waals surface area contributed by atoms with Crippen LogP contribution in [0.15, 0.2) is 0 Å². The van der Waals surface area contributed by atoms with Gasteiger partial charge in [-0.3, -0.25) is 0 Å². The number of nitrogens with zero attached hydrogens (tertiary/aromatic N) is 1. The van der Waals surface area contributed by atoms with E-state index in [9.17, 15) is 13.2 Å². The van der Waals surface area contributed by atoms with E-state index < -0.39 is 12.6 Å². The zero-order valence-electron chi connectivity index (χ0n) is 8.28. The van der Waals surface area contributed by atoms with Gasteiger partial charge in [0.25, 0.3) is 0 Å². The molecule has 0 saturated carbocycles. The van der Waals surface area contributed by atoms with Crippen molar-refractivity contribution >= 4 is 0 Å². The first-order valence-electron chi connectivity index (χ1n) is 4.24. The molecule has 0 aliphatic rings. The van der Waals surface area contributed by atoms with Crippen LogP contribution in [0, 0.1) is 0 Å². The summed E-state index contributed by atoms with van der Waals surface area (Å²) in [5.41, 5.74) is 0. The Labute approximate surface area is 77.1 Å². The fourth-order valence-corrected chi connectivity index (χ4v) is 1.11. The van der Waals surface area contributed by atoms with E-state index in [1.165, 1.54) is 0 Å². The first kappa shape index (κ1) is 12.7. The monoisotopic (exact) mass is 198 g/mol. The molecule has 1 atom stereocenters. The number of hydrogen-bond acceptors (Lipinski definition) is 2. The van der Waals surface area contributed by atoms with Gasteiger partial charge in [0.05, 0.1) is 0 Å². The molecule has 1 unspecified atom stereocenters. The molecule has 0 saturated heterocycles. The van der Waals surface area contributed by atoms with Crippen molar-refractivity contribution in [2.45, 2.75) is 25.1 Å². The average Bonchev–Trinajstić information content (AvgIpc) is 1.95. The van der Waals surface area contributed by atoms with E-state index in [0.29, 0.717) is 6.54 Å². The van der Waals surface area contributed by atoms with Crippen LogP contribution < -0.4 is 5.32 Å². The number of hydrogen-bond donors (Lipinski definition) is 1. The molecule has 13 heavy (non-hydrogen) atoms. The Morgan fingerprint density at radius 3 is 2.15 bits per heavy atom. The molecule has 0 aliphatic heterocycles. The van der Waals surface area contributed by atoms with Crippen molar-refractivity contribution in [3.8, 4) is 0 Å². The molecule has 5 heteroatoms. The normalized spacial score (nSPS) is 15.0. The average molecular weight is 198 g/mol. The third-order valence-corrected chi connectivity index (χ3v) is 1.77. The van der Waals surface area contributed by atoms with Crippen LogP contribution in [-0.2, 0) is 0 Å². The van der Waals surface area contributed by atoms with Gasteiger partial charge in [0.1, 0.15) is 0 Å². The number of rotatable bonds is 5. The van der Waals surface area contributed by atoms with E-state index in [4.69, 9.17) is 0 Å². The minimum atomic E-state index is -4.04. The Bertz CT molecular complexity index is 134. The highest BCUT2D eigenvalue weighted by atomic mass is 19.4. The van der Waals surface area contributed by atoms with E-state index in [1.807, 2.05) is 19.0 Å². The van der Waals surface area contributed by atoms with Gasteiger partial charge in [-0.15, -0.1) is 0 Å². The highest BCUT2D eigenvalue weighted by Crippen LogP contribution is 2.22. The number of likely N-dealkylation sites (N-methyl/N-ethyl adjacent to an activating group) is 2. The Hall–Kier alpha value is -0.290. The van der Waals surface area contributed by atoms with E-state index >= 15 is 0 Å². The van der Waals surface area contributed by atoms with Crippen molar-refractivity contribution in [3.05, 3.63) is 0 Å². The largest absolute Gasteiger partial charge is 0.389 e. The summed E-state index contributed by atoms with van der Waals surface area (Å²) in [6.45, 7) is 0.632. The summed E-state index contributed by atoms with van der Waals surface area (Å²) < 4.78 is 35.5. The van der Waals surface area contributed by atoms with Gasteiger partial charge in [0.2, 0.25) is 0 Å². The predicted octanol–water partition coefficient (Wildman–Crippen LogP) is 1.48. The summed E-state index contributed by atoms with van der Waals surface area (Å²) >= 11 is 0. The van der Waals surface area contributed by atoms with Gasteiger partial charge in [-0.25, -0.2) is 0 Å². The first-order chi connectivity index (χ1) is 5.85. The molecule has 0 fully saturated rings. The Kier molecular flexibility index (Phi) is 5.32. The van der Waals surface area contributed by atoms with Crippen molar-refractivity contribution in [2.24, 2.45) is 0 Å². The second kappa shape index (κ2) is 5.44. The summed E-state index contributed by atoms with van der Waals surface area (Å²) in [6, 6.07) is -0.0865. The molecule has 0 radical (unpaired) electrons. The molecule has 0 bridgehead atoms. The minimum Gasteiger partial charge on any atom is -0.316 e. The maximum Gasteiger partial charge on any atom is 0.389 e. The maximum absolute atomic E-state index is 11.8. The van der Waals surface area contributed by atoms with Crippen molar-refractivity contribution in [3.63, 3.8) is 0 Å². The third-order valence-electron chi connectivity index (χ3n) is 1.77. The topological polar surface area (TPSA) is 15.3 Å². The van der Waals surface area contributed by atoms with Crippen molar-refractivity contribution < 1.29 is 13.2 Å². The number of alkyl halides is 3. The molecule has 80 valence electrons. The van der Waals surface area contributed by atoms with Crippen molar-refractivity contribution in [2.75, 3.05) is 27.7 Å². The quantitative estimate of drug-likeness (QED) is 0.719. The van der Waals surface area contributed by atoms with Crippen LogP contribution in [0.25, 0.3) is 0 Å². The molecule has 0 amide bonds.